The van der Waals surface area contributed by atoms with Crippen molar-refractivity contribution in [3.8, 4) is 0 Å². The molecule has 0 saturated carbocycles. The first-order valence-corrected chi connectivity index (χ1v) is 7.88. The second-order valence-corrected chi connectivity index (χ2v) is 6.01. The Balaban J connectivity index is 2.49. The number of rotatable bonds is 4. The van der Waals surface area contributed by atoms with Gasteiger partial charge in [0.25, 0.3) is 0 Å². The Labute approximate surface area is 139 Å². The van der Waals surface area contributed by atoms with Crippen molar-refractivity contribution in [3.63, 3.8) is 0 Å². The van der Waals surface area contributed by atoms with Crippen LogP contribution < -0.4 is 5.32 Å². The number of halogens is 2. The van der Waals surface area contributed by atoms with Gasteiger partial charge in [-0.05, 0) is 32.4 Å². The van der Waals surface area contributed by atoms with Crippen LogP contribution >= 0.6 is 11.6 Å². The molecule has 1 heterocycles. The van der Waals surface area contributed by atoms with Gasteiger partial charge < -0.3 is 10.1 Å². The van der Waals surface area contributed by atoms with E-state index in [1.165, 1.54) is 12.1 Å². The maximum Gasteiger partial charge on any atom is 0.336 e. The van der Waals surface area contributed by atoms with Gasteiger partial charge in [-0.15, -0.1) is 0 Å². The van der Waals surface area contributed by atoms with Gasteiger partial charge in [-0.2, -0.15) is 0 Å². The second-order valence-electron chi connectivity index (χ2n) is 5.60. The smallest absolute Gasteiger partial charge is 0.336 e. The molecule has 0 fully saturated rings. The normalized spacial score (nSPS) is 19.3. The Bertz CT molecular complexity index is 652. The Kier molecular flexibility index (Phi) is 5.42. The molecule has 2 rings (SSSR count). The number of ether oxygens (including phenoxy) is 1. The zero-order valence-electron chi connectivity index (χ0n) is 13.3. The molecule has 0 radical (unpaired) electrons. The van der Waals surface area contributed by atoms with Crippen LogP contribution in [0.15, 0.2) is 29.5 Å². The molecule has 1 aromatic carbocycles. The molecule has 6 heteroatoms. The third kappa shape index (κ3) is 3.72. The fourth-order valence-corrected chi connectivity index (χ4v) is 2.89. The molecule has 4 nitrogen and oxygen atoms in total. The SMILES string of the molecule is CC[C@@H](C)OC(=O)C1=C(C)NC(=O)C[C@H]1c1c(F)cccc1Cl. The van der Waals surface area contributed by atoms with Crippen LogP contribution in [0, 0.1) is 5.82 Å². The molecule has 23 heavy (non-hydrogen) atoms. The average Bonchev–Trinajstić information content (AvgIpc) is 2.46. The number of hydrogen-bond donors (Lipinski definition) is 1. The van der Waals surface area contributed by atoms with E-state index >= 15 is 0 Å². The molecule has 0 spiro atoms. The van der Waals surface area contributed by atoms with Gasteiger partial charge in [-0.25, -0.2) is 9.18 Å². The molecule has 0 unspecified atom stereocenters. The number of carbonyl (C=O) groups is 2. The van der Waals surface area contributed by atoms with Crippen molar-refractivity contribution in [3.05, 3.63) is 45.9 Å². The molecule has 1 N–H and O–H groups in total. The molecule has 124 valence electrons. The van der Waals surface area contributed by atoms with Crippen LogP contribution in [-0.4, -0.2) is 18.0 Å². The van der Waals surface area contributed by atoms with Crippen LogP contribution in [0.25, 0.3) is 0 Å². The van der Waals surface area contributed by atoms with Gasteiger partial charge in [0.2, 0.25) is 5.91 Å². The Morgan fingerprint density at radius 2 is 2.22 bits per heavy atom. The lowest BCUT2D eigenvalue weighted by Gasteiger charge is -2.28. The van der Waals surface area contributed by atoms with Crippen LogP contribution in [0.2, 0.25) is 5.02 Å². The summed E-state index contributed by atoms with van der Waals surface area (Å²) >= 11 is 6.11. The summed E-state index contributed by atoms with van der Waals surface area (Å²) in [6.45, 7) is 5.28. The Hall–Kier alpha value is -1.88. The number of hydrogen-bond acceptors (Lipinski definition) is 3. The zero-order valence-corrected chi connectivity index (χ0v) is 14.0. The molecule has 0 aliphatic carbocycles. The van der Waals surface area contributed by atoms with E-state index in [0.717, 1.165) is 0 Å². The molecule has 1 aromatic rings. The highest BCUT2D eigenvalue weighted by molar-refractivity contribution is 6.31. The minimum Gasteiger partial charge on any atom is -0.459 e. The second kappa shape index (κ2) is 7.13. The molecule has 1 amide bonds. The maximum atomic E-state index is 14.3. The number of carbonyl (C=O) groups excluding carboxylic acids is 2. The Morgan fingerprint density at radius 1 is 1.52 bits per heavy atom. The molecule has 1 aliphatic rings. The number of amides is 1. The molecule has 2 atom stereocenters. The van der Waals surface area contributed by atoms with Gasteiger partial charge in [0, 0.05) is 28.6 Å². The van der Waals surface area contributed by atoms with E-state index in [4.69, 9.17) is 16.3 Å². The van der Waals surface area contributed by atoms with Crippen molar-refractivity contribution < 1.29 is 18.7 Å². The van der Waals surface area contributed by atoms with Gasteiger partial charge in [-0.1, -0.05) is 24.6 Å². The van der Waals surface area contributed by atoms with E-state index in [-0.39, 0.29) is 34.6 Å². The third-order valence-electron chi connectivity index (χ3n) is 3.92. The third-order valence-corrected chi connectivity index (χ3v) is 4.25. The van der Waals surface area contributed by atoms with E-state index in [1.54, 1.807) is 19.9 Å². The quantitative estimate of drug-likeness (QED) is 0.851. The highest BCUT2D eigenvalue weighted by atomic mass is 35.5. The predicted molar refractivity (Wildman–Crippen MR) is 85.5 cm³/mol. The number of benzene rings is 1. The van der Waals surface area contributed by atoms with Crippen LogP contribution in [0.1, 0.15) is 45.1 Å². The summed E-state index contributed by atoms with van der Waals surface area (Å²) in [5.41, 5.74) is 0.773. The number of allylic oxidation sites excluding steroid dienone is 1. The van der Waals surface area contributed by atoms with E-state index in [9.17, 15) is 14.0 Å². The van der Waals surface area contributed by atoms with E-state index in [1.807, 2.05) is 6.92 Å². The van der Waals surface area contributed by atoms with Crippen molar-refractivity contribution in [2.45, 2.75) is 45.6 Å². The van der Waals surface area contributed by atoms with E-state index < -0.39 is 17.7 Å². The molecule has 0 saturated heterocycles. The molecule has 0 bridgehead atoms. The summed E-state index contributed by atoms with van der Waals surface area (Å²) < 4.78 is 19.6. The lowest BCUT2D eigenvalue weighted by atomic mass is 9.84. The van der Waals surface area contributed by atoms with Crippen molar-refractivity contribution in [2.24, 2.45) is 0 Å². The molecular formula is C17H19ClFNO3. The summed E-state index contributed by atoms with van der Waals surface area (Å²) in [5, 5.41) is 2.80. The van der Waals surface area contributed by atoms with Crippen LogP contribution in [0.3, 0.4) is 0 Å². The summed E-state index contributed by atoms with van der Waals surface area (Å²) in [4.78, 5) is 24.4. The first-order valence-electron chi connectivity index (χ1n) is 7.50. The predicted octanol–water partition coefficient (Wildman–Crippen LogP) is 3.70. The standard InChI is InChI=1S/C17H19ClFNO3/c1-4-9(2)23-17(22)15-10(3)20-14(21)8-11(15)16-12(18)6-5-7-13(16)19/h5-7,9,11H,4,8H2,1-3H3,(H,20,21)/t9-,11-/m1/s1. The highest BCUT2D eigenvalue weighted by Crippen LogP contribution is 2.38. The molecule has 0 aromatic heterocycles. The van der Waals surface area contributed by atoms with Gasteiger partial charge in [0.05, 0.1) is 11.7 Å². The summed E-state index contributed by atoms with van der Waals surface area (Å²) in [6, 6.07) is 4.29. The fraction of sp³-hybridized carbons (Fsp3) is 0.412. The first kappa shape index (κ1) is 17.5. The van der Waals surface area contributed by atoms with Crippen molar-refractivity contribution >= 4 is 23.5 Å². The maximum absolute atomic E-state index is 14.3. The van der Waals surface area contributed by atoms with Gasteiger partial charge in [-0.3, -0.25) is 4.79 Å². The molecule has 1 aliphatic heterocycles. The summed E-state index contributed by atoms with van der Waals surface area (Å²) in [6.07, 6.45) is 0.343. The van der Waals surface area contributed by atoms with Crippen LogP contribution in [-0.2, 0) is 14.3 Å². The topological polar surface area (TPSA) is 55.4 Å². The van der Waals surface area contributed by atoms with E-state index in [0.29, 0.717) is 12.1 Å². The van der Waals surface area contributed by atoms with Crippen LogP contribution in [0.5, 0.6) is 0 Å². The van der Waals surface area contributed by atoms with Gasteiger partial charge in [0.1, 0.15) is 5.82 Å². The van der Waals surface area contributed by atoms with Crippen LogP contribution in [0.4, 0.5) is 4.39 Å². The van der Waals surface area contributed by atoms with Crippen molar-refractivity contribution in [1.29, 1.82) is 0 Å². The minimum absolute atomic E-state index is 0.0526. The first-order chi connectivity index (χ1) is 10.8. The molecular weight excluding hydrogens is 321 g/mol. The lowest BCUT2D eigenvalue weighted by Crippen LogP contribution is -2.35. The largest absolute Gasteiger partial charge is 0.459 e. The zero-order chi connectivity index (χ0) is 17.1. The minimum atomic E-state index is -0.756. The summed E-state index contributed by atoms with van der Waals surface area (Å²) in [7, 11) is 0. The van der Waals surface area contributed by atoms with Crippen molar-refractivity contribution in [1.82, 2.24) is 5.32 Å². The summed E-state index contributed by atoms with van der Waals surface area (Å²) in [5.74, 6) is -2.14. The number of nitrogens with one attached hydrogen (secondary N) is 1. The fourth-order valence-electron chi connectivity index (χ4n) is 2.59. The lowest BCUT2D eigenvalue weighted by molar-refractivity contribution is -0.144. The monoisotopic (exact) mass is 339 g/mol. The number of esters is 1. The highest BCUT2D eigenvalue weighted by Gasteiger charge is 2.35. The Morgan fingerprint density at radius 3 is 2.83 bits per heavy atom. The van der Waals surface area contributed by atoms with Gasteiger partial charge in [0.15, 0.2) is 0 Å². The average molecular weight is 340 g/mol. The van der Waals surface area contributed by atoms with Crippen molar-refractivity contribution in [2.75, 3.05) is 0 Å². The van der Waals surface area contributed by atoms with Gasteiger partial charge >= 0.3 is 5.97 Å². The van der Waals surface area contributed by atoms with E-state index in [2.05, 4.69) is 5.32 Å².